The van der Waals surface area contributed by atoms with E-state index in [1.165, 1.54) is 12.8 Å². The summed E-state index contributed by atoms with van der Waals surface area (Å²) in [6.45, 7) is 8.76. The Labute approximate surface area is 272 Å². The average Bonchev–Trinajstić information content (AvgIpc) is 2.95. The van der Waals surface area contributed by atoms with Crippen LogP contribution in [0.2, 0.25) is 0 Å². The number of hydrogen-bond donors (Lipinski definition) is 5. The maximum Gasteiger partial charge on any atom is 0.261 e. The number of aliphatic hydroxyl groups excluding tert-OH is 1. The van der Waals surface area contributed by atoms with Crippen LogP contribution in [0, 0.1) is 18.8 Å². The molecule has 5 atom stereocenters. The summed E-state index contributed by atoms with van der Waals surface area (Å²) in [4.78, 5) is 30.0. The minimum atomic E-state index is -3.67. The van der Waals surface area contributed by atoms with Crippen molar-refractivity contribution in [3.63, 3.8) is 0 Å². The third kappa shape index (κ3) is 12.2. The van der Waals surface area contributed by atoms with Crippen LogP contribution in [0.15, 0.2) is 53.4 Å². The summed E-state index contributed by atoms with van der Waals surface area (Å²) in [6.07, 6.45) is 5.39. The molecule has 0 aromatic heterocycles. The summed E-state index contributed by atoms with van der Waals surface area (Å²) in [5.41, 5.74) is 0.543. The summed E-state index contributed by atoms with van der Waals surface area (Å²) >= 11 is 1.57. The number of carbonyl (C=O) groups is 2. The van der Waals surface area contributed by atoms with Crippen LogP contribution in [0.5, 0.6) is 5.75 Å². The van der Waals surface area contributed by atoms with Crippen LogP contribution in [0.4, 0.5) is 0 Å². The predicted molar refractivity (Wildman–Crippen MR) is 178 cm³/mol. The minimum absolute atomic E-state index is 0.0124. The molecule has 1 aliphatic heterocycles. The van der Waals surface area contributed by atoms with Gasteiger partial charge >= 0.3 is 0 Å². The molecule has 5 N–H and O–H groups in total. The summed E-state index contributed by atoms with van der Waals surface area (Å²) in [5, 5.41) is 28.0. The molecule has 0 radical (unpaired) electrons. The lowest BCUT2D eigenvalue weighted by Gasteiger charge is -2.47. The number of phenols is 1. The number of aliphatic hydroxyl groups is 1. The molecule has 2 aromatic carbocycles. The van der Waals surface area contributed by atoms with Crippen LogP contribution in [-0.4, -0.2) is 88.7 Å². The van der Waals surface area contributed by atoms with E-state index in [1.54, 1.807) is 36.9 Å². The highest BCUT2D eigenvalue weighted by Gasteiger charge is 2.41. The van der Waals surface area contributed by atoms with Gasteiger partial charge in [-0.15, -0.1) is 11.8 Å². The zero-order valence-electron chi connectivity index (χ0n) is 26.9. The minimum Gasteiger partial charge on any atom is -0.508 e. The average molecular weight is 664 g/mol. The lowest BCUT2D eigenvalue weighted by Crippen LogP contribution is -2.60. The number of nitrogens with one attached hydrogen (secondary N) is 2. The van der Waals surface area contributed by atoms with Gasteiger partial charge in [-0.2, -0.15) is 8.42 Å². The summed E-state index contributed by atoms with van der Waals surface area (Å²) in [6, 6.07) is 13.9. The van der Waals surface area contributed by atoms with Gasteiger partial charge < -0.3 is 20.8 Å². The number of rotatable bonds is 9. The first-order valence-corrected chi connectivity index (χ1v) is 18.3. The predicted octanol–water partition coefficient (Wildman–Crippen LogP) is 4.25. The third-order valence-corrected chi connectivity index (χ3v) is 9.36. The van der Waals surface area contributed by atoms with Crippen molar-refractivity contribution in [3.05, 3.63) is 59.7 Å². The van der Waals surface area contributed by atoms with Crippen molar-refractivity contribution in [1.29, 1.82) is 0 Å². The highest BCUT2D eigenvalue weighted by Crippen LogP contribution is 2.39. The Morgan fingerprint density at radius 2 is 1.67 bits per heavy atom. The molecule has 4 rings (SSSR count). The molecule has 250 valence electrons. The van der Waals surface area contributed by atoms with Gasteiger partial charge in [0.05, 0.1) is 24.4 Å². The van der Waals surface area contributed by atoms with Crippen molar-refractivity contribution in [3.8, 4) is 5.75 Å². The Hall–Kier alpha value is -2.64. The highest BCUT2D eigenvalue weighted by molar-refractivity contribution is 7.99. The molecular weight excluding hydrogens is 615 g/mol. The molecule has 1 heterocycles. The Morgan fingerprint density at radius 1 is 1.04 bits per heavy atom. The van der Waals surface area contributed by atoms with Crippen LogP contribution < -0.4 is 10.6 Å². The molecule has 0 spiro atoms. The molecule has 1 aliphatic carbocycles. The smallest absolute Gasteiger partial charge is 0.261 e. The van der Waals surface area contributed by atoms with Gasteiger partial charge in [-0.05, 0) is 76.6 Å². The number of nitrogens with zero attached hydrogens (tertiary/aromatic N) is 1. The van der Waals surface area contributed by atoms with E-state index >= 15 is 0 Å². The van der Waals surface area contributed by atoms with E-state index in [4.69, 9.17) is 4.55 Å². The largest absolute Gasteiger partial charge is 0.508 e. The van der Waals surface area contributed by atoms with Gasteiger partial charge in [0.1, 0.15) is 5.75 Å². The fourth-order valence-electron chi connectivity index (χ4n) is 6.06. The van der Waals surface area contributed by atoms with Crippen molar-refractivity contribution in [2.45, 2.75) is 88.4 Å². The second-order valence-corrected chi connectivity index (χ2v) is 15.8. The first-order chi connectivity index (χ1) is 21.0. The standard InChI is InChI=1S/C32H45N3O4S.CH4O3S/c1-21-25(15-10-16-28(21)36)30(38)33-26(20-40-24-13-6-5-7-14-24)29(37)19-35-18-23-12-9-8-11-22(23)17-27(35)31(39)34-32(2,3)4;1-5(2,3)4/h5-7,10,13-16,22-23,26-27,29,36-37H,8-9,11-12,17-20H2,1-4H3,(H,33,38)(H,34,39);1H3,(H,2,3,4)/t22-,23+,26?,27?,29?;/m0./s1. The lowest BCUT2D eigenvalue weighted by atomic mass is 9.72. The maximum absolute atomic E-state index is 13.5. The molecule has 3 unspecified atom stereocenters. The number of aromatic hydroxyl groups is 1. The third-order valence-electron chi connectivity index (χ3n) is 8.23. The van der Waals surface area contributed by atoms with Gasteiger partial charge in [0, 0.05) is 40.4 Å². The first-order valence-electron chi connectivity index (χ1n) is 15.5. The van der Waals surface area contributed by atoms with Gasteiger partial charge in [0.2, 0.25) is 5.91 Å². The van der Waals surface area contributed by atoms with Crippen LogP contribution in [0.1, 0.15) is 68.8 Å². The number of piperidine rings is 1. The molecule has 1 saturated carbocycles. The number of amides is 2. The van der Waals surface area contributed by atoms with E-state index < -0.39 is 22.3 Å². The number of likely N-dealkylation sites (tertiary alicyclic amines) is 1. The van der Waals surface area contributed by atoms with Gasteiger partial charge in [-0.1, -0.05) is 43.5 Å². The number of phenolic OH excluding ortho intramolecular Hbond substituents is 1. The Kier molecular flexibility index (Phi) is 13.3. The lowest BCUT2D eigenvalue weighted by molar-refractivity contribution is -0.132. The van der Waals surface area contributed by atoms with Crippen LogP contribution in [0.25, 0.3) is 0 Å². The van der Waals surface area contributed by atoms with Gasteiger partial charge in [-0.3, -0.25) is 19.0 Å². The molecule has 0 bridgehead atoms. The number of benzene rings is 2. The van der Waals surface area contributed by atoms with E-state index in [1.807, 2.05) is 51.1 Å². The van der Waals surface area contributed by atoms with E-state index in [0.717, 1.165) is 30.7 Å². The van der Waals surface area contributed by atoms with Crippen molar-refractivity contribution in [2.24, 2.45) is 11.8 Å². The molecule has 2 aliphatic rings. The van der Waals surface area contributed by atoms with E-state index in [-0.39, 0.29) is 29.1 Å². The fourth-order valence-corrected chi connectivity index (χ4v) is 7.09. The van der Waals surface area contributed by atoms with E-state index in [0.29, 0.717) is 41.5 Å². The number of thioether (sulfide) groups is 1. The molecule has 1 saturated heterocycles. The van der Waals surface area contributed by atoms with Crippen molar-refractivity contribution < 1.29 is 32.8 Å². The molecule has 45 heavy (non-hydrogen) atoms. The Morgan fingerprint density at radius 3 is 2.29 bits per heavy atom. The number of carbonyl (C=O) groups excluding carboxylic acids is 2. The van der Waals surface area contributed by atoms with Crippen LogP contribution in [0.3, 0.4) is 0 Å². The van der Waals surface area contributed by atoms with Crippen LogP contribution in [-0.2, 0) is 14.9 Å². The molecular formula is C33H49N3O7S2. The maximum atomic E-state index is 13.5. The Bertz CT molecular complexity index is 1370. The van der Waals surface area contributed by atoms with Crippen molar-refractivity contribution in [2.75, 3.05) is 25.1 Å². The second-order valence-electron chi connectivity index (χ2n) is 13.2. The van der Waals surface area contributed by atoms with Crippen LogP contribution >= 0.6 is 11.8 Å². The summed E-state index contributed by atoms with van der Waals surface area (Å²) in [5.74, 6) is 1.27. The van der Waals surface area contributed by atoms with E-state index in [9.17, 15) is 28.2 Å². The van der Waals surface area contributed by atoms with Crippen molar-refractivity contribution >= 4 is 33.7 Å². The molecule has 10 nitrogen and oxygen atoms in total. The SMILES string of the molecule is CS(=O)(=O)O.Cc1c(O)cccc1C(=O)NC(CSc1ccccc1)C(O)CN1C[C@H]2CCCC[C@H]2CC1C(=O)NC(C)(C)C. The number of fused-ring (bicyclic) bond motifs is 1. The zero-order valence-corrected chi connectivity index (χ0v) is 28.5. The monoisotopic (exact) mass is 663 g/mol. The number of β-amino-alcohol motifs (C(OH)–C–C–N with tert-alkyl or cyclic N) is 1. The topological polar surface area (TPSA) is 156 Å². The normalized spacial score (nSPS) is 21.8. The first kappa shape index (κ1) is 36.8. The quantitative estimate of drug-likeness (QED) is 0.196. The fraction of sp³-hybridized carbons (Fsp3) is 0.576. The Balaban J connectivity index is 0.00000102. The van der Waals surface area contributed by atoms with Gasteiger partial charge in [0.15, 0.2) is 0 Å². The van der Waals surface area contributed by atoms with Gasteiger partial charge in [0.25, 0.3) is 16.0 Å². The summed E-state index contributed by atoms with van der Waals surface area (Å²) < 4.78 is 25.9. The molecule has 2 aromatic rings. The van der Waals surface area contributed by atoms with Gasteiger partial charge in [-0.25, -0.2) is 0 Å². The zero-order chi connectivity index (χ0) is 33.4. The number of hydrogen-bond acceptors (Lipinski definition) is 8. The highest BCUT2D eigenvalue weighted by atomic mass is 32.2. The van der Waals surface area contributed by atoms with E-state index in [2.05, 4.69) is 15.5 Å². The molecule has 12 heteroatoms. The second kappa shape index (κ2) is 16.3. The molecule has 2 fully saturated rings. The van der Waals surface area contributed by atoms with Crippen molar-refractivity contribution in [1.82, 2.24) is 15.5 Å². The summed E-state index contributed by atoms with van der Waals surface area (Å²) in [7, 11) is -3.67. The molecule has 2 amide bonds.